The van der Waals surface area contributed by atoms with Gasteiger partial charge in [-0.05, 0) is 71.0 Å². The monoisotopic (exact) mass is 715 g/mol. The van der Waals surface area contributed by atoms with Gasteiger partial charge in [-0.2, -0.15) is 0 Å². The minimum Gasteiger partial charge on any atom is -0.497 e. The van der Waals surface area contributed by atoms with Gasteiger partial charge in [-0.3, -0.25) is 7.91 Å². The fourth-order valence-electron chi connectivity index (χ4n) is 4.07. The summed E-state index contributed by atoms with van der Waals surface area (Å²) in [4.78, 5) is 26.4. The summed E-state index contributed by atoms with van der Waals surface area (Å²) in [5, 5.41) is 13.1. The highest BCUT2D eigenvalue weighted by Gasteiger charge is 2.28. The number of rotatable bonds is 11. The third-order valence-corrected chi connectivity index (χ3v) is 8.33. The molecule has 43 heavy (non-hydrogen) atoms. The lowest BCUT2D eigenvalue weighted by Gasteiger charge is -2.24. The van der Waals surface area contributed by atoms with Crippen molar-refractivity contribution in [2.75, 3.05) is 10.2 Å². The number of ether oxygens (including phenoxy) is 1. The number of nitrogens with zero attached hydrogens (tertiary/aromatic N) is 5. The van der Waals surface area contributed by atoms with E-state index in [1.54, 1.807) is 82.8 Å². The Hall–Kier alpha value is -4.17. The highest BCUT2D eigenvalue weighted by Crippen LogP contribution is 2.40. The summed E-state index contributed by atoms with van der Waals surface area (Å²) >= 11 is 2.62. The van der Waals surface area contributed by atoms with E-state index in [0.717, 1.165) is 29.1 Å². The van der Waals surface area contributed by atoms with Crippen LogP contribution in [0, 0.1) is 18.6 Å². The summed E-state index contributed by atoms with van der Waals surface area (Å²) in [7, 11) is 1.55. The Labute approximate surface area is 264 Å². The first-order chi connectivity index (χ1) is 20.6. The maximum atomic E-state index is 15.7. The molecule has 0 unspecified atom stereocenters. The van der Waals surface area contributed by atoms with Crippen LogP contribution in [0.25, 0.3) is 10.4 Å². The Bertz CT molecular complexity index is 1680. The van der Waals surface area contributed by atoms with Crippen molar-refractivity contribution in [3.05, 3.63) is 129 Å². The van der Waals surface area contributed by atoms with Crippen LogP contribution in [0.15, 0.2) is 88.9 Å². The zero-order valence-electron chi connectivity index (χ0n) is 22.9. The van der Waals surface area contributed by atoms with E-state index in [9.17, 15) is 14.7 Å². The number of carboxylic acid groups (broad SMARTS) is 1. The SMILES string of the molecule is COc1ccc(CN(Cc2ccc(C(=O)N=[N+]=[N-])cc2)Sc2cc(C(=O)O)c(N(I)c3ccc(C)cc3)c(F)c2F)cc1. The van der Waals surface area contributed by atoms with E-state index in [0.29, 0.717) is 17.0 Å². The first-order valence-corrected chi connectivity index (χ1v) is 14.4. The highest BCUT2D eigenvalue weighted by molar-refractivity contribution is 14.1. The van der Waals surface area contributed by atoms with Crippen LogP contribution in [-0.2, 0) is 13.1 Å². The van der Waals surface area contributed by atoms with Gasteiger partial charge in [0.25, 0.3) is 0 Å². The molecular weight excluding hydrogens is 691 g/mol. The van der Waals surface area contributed by atoms with Crippen molar-refractivity contribution in [3.8, 4) is 5.75 Å². The molecule has 9 nitrogen and oxygen atoms in total. The Balaban J connectivity index is 1.70. The molecule has 4 aromatic carbocycles. The third kappa shape index (κ3) is 7.82. The number of methoxy groups -OCH3 is 1. The van der Waals surface area contributed by atoms with Crippen molar-refractivity contribution in [2.24, 2.45) is 5.11 Å². The molecule has 0 saturated heterocycles. The molecule has 0 heterocycles. The van der Waals surface area contributed by atoms with Crippen molar-refractivity contribution in [2.45, 2.75) is 24.9 Å². The summed E-state index contributed by atoms with van der Waals surface area (Å²) in [6, 6.07) is 21.6. The molecule has 0 aliphatic rings. The number of carboxylic acids is 1. The smallest absolute Gasteiger partial charge is 0.338 e. The normalized spacial score (nSPS) is 10.7. The van der Waals surface area contributed by atoms with Gasteiger partial charge < -0.3 is 9.84 Å². The number of azide groups is 1. The Morgan fingerprint density at radius 3 is 2.09 bits per heavy atom. The number of amides is 1. The third-order valence-electron chi connectivity index (χ3n) is 6.28. The van der Waals surface area contributed by atoms with Crippen LogP contribution in [-0.4, -0.2) is 28.4 Å². The number of hydrogen-bond donors (Lipinski definition) is 1. The van der Waals surface area contributed by atoms with Crippen molar-refractivity contribution in [1.82, 2.24) is 4.31 Å². The van der Waals surface area contributed by atoms with Crippen molar-refractivity contribution < 1.29 is 28.2 Å². The predicted octanol–water partition coefficient (Wildman–Crippen LogP) is 8.63. The molecule has 0 fully saturated rings. The van der Waals surface area contributed by atoms with E-state index in [2.05, 4.69) is 10.0 Å². The zero-order chi connectivity index (χ0) is 31.1. The summed E-state index contributed by atoms with van der Waals surface area (Å²) in [5.41, 5.74) is 10.9. The minimum atomic E-state index is -1.41. The van der Waals surface area contributed by atoms with E-state index in [4.69, 9.17) is 10.3 Å². The van der Waals surface area contributed by atoms with Crippen molar-refractivity contribution in [1.29, 1.82) is 0 Å². The predicted molar refractivity (Wildman–Crippen MR) is 169 cm³/mol. The molecule has 220 valence electrons. The second-order valence-electron chi connectivity index (χ2n) is 9.25. The molecule has 0 bridgehead atoms. The molecule has 0 atom stereocenters. The van der Waals surface area contributed by atoms with E-state index in [1.165, 1.54) is 15.2 Å². The number of carbonyl (C=O) groups is 2. The number of aryl methyl sites for hydroxylation is 1. The largest absolute Gasteiger partial charge is 0.497 e. The number of hydrogen-bond acceptors (Lipinski definition) is 6. The van der Waals surface area contributed by atoms with Crippen LogP contribution < -0.4 is 7.85 Å². The van der Waals surface area contributed by atoms with Gasteiger partial charge in [0.15, 0.2) is 11.6 Å². The van der Waals surface area contributed by atoms with E-state index < -0.39 is 34.8 Å². The van der Waals surface area contributed by atoms with Gasteiger partial charge in [0.1, 0.15) is 11.4 Å². The number of aromatic carboxylic acids is 1. The molecule has 0 aromatic heterocycles. The minimum absolute atomic E-state index is 0.197. The van der Waals surface area contributed by atoms with Crippen LogP contribution >= 0.6 is 34.8 Å². The molecule has 0 aliphatic heterocycles. The fraction of sp³-hybridized carbons (Fsp3) is 0.133. The van der Waals surface area contributed by atoms with Crippen LogP contribution in [0.2, 0.25) is 0 Å². The summed E-state index contributed by atoms with van der Waals surface area (Å²) in [6.45, 7) is 2.35. The second kappa shape index (κ2) is 14.3. The van der Waals surface area contributed by atoms with Crippen LogP contribution in [0.3, 0.4) is 0 Å². The maximum Gasteiger partial charge on any atom is 0.338 e. The quantitative estimate of drug-likeness (QED) is 0.0413. The Morgan fingerprint density at radius 1 is 0.977 bits per heavy atom. The topological polar surface area (TPSA) is 119 Å². The standard InChI is InChI=1S/C30H24F2IN5O4S/c1-18-3-11-22(12-4-18)38(33)28-24(30(40)41)15-25(26(31)27(28)32)43-37(17-20-7-13-23(42-2)14-8-20)16-19-5-9-21(10-6-19)29(39)35-36-34/h3-15H,16-17H2,1-2H3,(H,40,41). The average molecular weight is 716 g/mol. The summed E-state index contributed by atoms with van der Waals surface area (Å²) in [5.74, 6) is -3.97. The lowest BCUT2D eigenvalue weighted by molar-refractivity contribution is 0.0696. The molecule has 13 heteroatoms. The van der Waals surface area contributed by atoms with Gasteiger partial charge in [0.2, 0.25) is 5.91 Å². The highest BCUT2D eigenvalue weighted by atomic mass is 127. The molecule has 0 saturated carbocycles. The van der Waals surface area contributed by atoms with E-state index in [-0.39, 0.29) is 23.5 Å². The van der Waals surface area contributed by atoms with Gasteiger partial charge in [-0.15, -0.1) is 0 Å². The van der Waals surface area contributed by atoms with Crippen LogP contribution in [0.1, 0.15) is 37.4 Å². The number of benzene rings is 4. The Morgan fingerprint density at radius 2 is 1.56 bits per heavy atom. The van der Waals surface area contributed by atoms with Gasteiger partial charge in [0.05, 0.1) is 46.1 Å². The number of carbonyl (C=O) groups excluding carboxylic acids is 1. The Kier molecular flexibility index (Phi) is 10.6. The zero-order valence-corrected chi connectivity index (χ0v) is 25.8. The number of anilines is 2. The van der Waals surface area contributed by atoms with E-state index in [1.807, 2.05) is 19.1 Å². The van der Waals surface area contributed by atoms with Gasteiger partial charge in [-0.25, -0.2) is 17.9 Å². The summed E-state index contributed by atoms with van der Waals surface area (Å²) in [6.07, 6.45) is 0. The first-order valence-electron chi connectivity index (χ1n) is 12.6. The maximum absolute atomic E-state index is 15.7. The van der Waals surface area contributed by atoms with Gasteiger partial charge in [-0.1, -0.05) is 54.1 Å². The van der Waals surface area contributed by atoms with Crippen molar-refractivity contribution >= 4 is 58.1 Å². The molecule has 1 amide bonds. The lowest BCUT2D eigenvalue weighted by Crippen LogP contribution is -2.17. The molecule has 0 radical (unpaired) electrons. The molecule has 0 spiro atoms. The van der Waals surface area contributed by atoms with Gasteiger partial charge in [0, 0.05) is 23.6 Å². The second-order valence-corrected chi connectivity index (χ2v) is 11.4. The lowest BCUT2D eigenvalue weighted by atomic mass is 10.1. The summed E-state index contributed by atoms with van der Waals surface area (Å²) < 4.78 is 39.6. The molecule has 0 aliphatic carbocycles. The van der Waals surface area contributed by atoms with Crippen LogP contribution in [0.5, 0.6) is 5.75 Å². The first kappa shape index (κ1) is 31.8. The fourth-order valence-corrected chi connectivity index (χ4v) is 5.91. The average Bonchev–Trinajstić information content (AvgIpc) is 3.00. The molecular formula is C30H24F2IN5O4S. The molecule has 1 N–H and O–H groups in total. The van der Waals surface area contributed by atoms with Gasteiger partial charge >= 0.3 is 5.97 Å². The number of halogens is 3. The van der Waals surface area contributed by atoms with Crippen molar-refractivity contribution in [3.63, 3.8) is 0 Å². The van der Waals surface area contributed by atoms with Crippen LogP contribution in [0.4, 0.5) is 20.2 Å². The molecule has 4 rings (SSSR count). The van der Waals surface area contributed by atoms with E-state index >= 15 is 8.78 Å². The molecule has 4 aromatic rings.